The van der Waals surface area contributed by atoms with Crippen LogP contribution < -0.4 is 9.80 Å². The van der Waals surface area contributed by atoms with Gasteiger partial charge in [0.2, 0.25) is 0 Å². The Morgan fingerprint density at radius 3 is 0.935 bits per heavy atom. The number of benzene rings is 6. The summed E-state index contributed by atoms with van der Waals surface area (Å²) in [6, 6.07) is 56.6. The summed E-state index contributed by atoms with van der Waals surface area (Å²) in [5, 5.41) is 0. The number of anilines is 6. The number of halogens is 6. The fraction of sp³-hybridized carbons (Fsp3) is 0.136. The van der Waals surface area contributed by atoms with Crippen LogP contribution >= 0.6 is 0 Å². The summed E-state index contributed by atoms with van der Waals surface area (Å²) in [7, 11) is -11.8. The van der Waals surface area contributed by atoms with Crippen LogP contribution in [0.1, 0.15) is 11.1 Å². The third-order valence-electron chi connectivity index (χ3n) is 8.46. The molecule has 0 aliphatic rings. The predicted octanol–water partition coefficient (Wildman–Crippen LogP) is 11.4. The van der Waals surface area contributed by atoms with Gasteiger partial charge in [0.15, 0.2) is 30.0 Å². The van der Waals surface area contributed by atoms with Crippen LogP contribution in [0.3, 0.4) is 0 Å². The maximum Gasteiger partial charge on any atom is 0.485 e. The molecule has 0 spiro atoms. The van der Waals surface area contributed by atoms with Crippen LogP contribution in [0.2, 0.25) is 0 Å². The molecule has 0 heterocycles. The van der Waals surface area contributed by atoms with Crippen molar-refractivity contribution in [2.24, 2.45) is 0 Å². The van der Waals surface area contributed by atoms with Crippen molar-refractivity contribution in [1.82, 2.24) is 0 Å². The second-order valence-electron chi connectivity index (χ2n) is 13.3. The van der Waals surface area contributed by atoms with E-state index in [0.29, 0.717) is 0 Å². The van der Waals surface area contributed by atoms with Crippen molar-refractivity contribution >= 4 is 88.3 Å². The molecule has 328 valence electrons. The molecule has 6 rings (SSSR count). The van der Waals surface area contributed by atoms with E-state index in [1.165, 1.54) is 21.2 Å². The van der Waals surface area contributed by atoms with Crippen LogP contribution in [0.4, 0.5) is 60.5 Å². The van der Waals surface area contributed by atoms with Gasteiger partial charge in [0.1, 0.15) is 25.0 Å². The number of nitrogens with zero attached hydrogens (tertiary/aromatic N) is 2. The standard InChI is InChI=1S/C42H40N2S2.2CHF3O3S/c1-45(2)41-19-11-17-39(31-41)43(35-13-7-5-8-14-35)37-27-23-33(24-28-37)21-22-34-25-29-38(30-26-34)44(36-15-9-6-10-16-36)40-18-12-20-42(32-40)46(3)4;2*2-1(3,4)8(5,6)7/h5-32H,1-4H3;2*(H,5,6,7)/q+2;;/p-2. The van der Waals surface area contributed by atoms with Gasteiger partial charge in [0.05, 0.1) is 11.4 Å². The molecule has 0 aromatic heterocycles. The van der Waals surface area contributed by atoms with Crippen molar-refractivity contribution in [2.45, 2.75) is 20.8 Å². The zero-order valence-corrected chi connectivity index (χ0v) is 36.7. The number of para-hydroxylation sites is 2. The first-order valence-corrected chi connectivity index (χ1v) is 24.8. The van der Waals surface area contributed by atoms with E-state index in [1.807, 2.05) is 0 Å². The van der Waals surface area contributed by atoms with Crippen molar-refractivity contribution < 1.29 is 52.3 Å². The van der Waals surface area contributed by atoms with Gasteiger partial charge >= 0.3 is 11.0 Å². The lowest BCUT2D eigenvalue weighted by Crippen LogP contribution is -2.21. The first-order valence-electron chi connectivity index (χ1n) is 17.9. The highest BCUT2D eigenvalue weighted by atomic mass is 32.2. The smallest absolute Gasteiger partial charge is 0.485 e. The summed E-state index contributed by atoms with van der Waals surface area (Å²) in [6.45, 7) is 0. The Kier molecular flexibility index (Phi) is 16.9. The molecule has 0 amide bonds. The first-order chi connectivity index (χ1) is 29.0. The number of hydrogen-bond donors (Lipinski definition) is 0. The Morgan fingerprint density at radius 2 is 0.677 bits per heavy atom. The lowest BCUT2D eigenvalue weighted by atomic mass is 10.1. The quantitative estimate of drug-likeness (QED) is 0.0438. The molecule has 18 heteroatoms. The van der Waals surface area contributed by atoms with Gasteiger partial charge in [0, 0.05) is 56.7 Å². The van der Waals surface area contributed by atoms with Crippen LogP contribution in [0.5, 0.6) is 0 Å². The highest BCUT2D eigenvalue weighted by Crippen LogP contribution is 2.37. The van der Waals surface area contributed by atoms with E-state index in [9.17, 15) is 26.3 Å². The van der Waals surface area contributed by atoms with E-state index >= 15 is 0 Å². The third-order valence-corrected chi connectivity index (χ3v) is 12.0. The summed E-state index contributed by atoms with van der Waals surface area (Å²) in [6.07, 6.45) is 13.5. The number of alkyl halides is 6. The Hall–Kier alpha value is -5.24. The molecule has 62 heavy (non-hydrogen) atoms. The van der Waals surface area contributed by atoms with Crippen LogP contribution in [0, 0.1) is 0 Å². The average Bonchev–Trinajstić information content (AvgIpc) is 3.21. The number of rotatable bonds is 10. The second kappa shape index (κ2) is 21.2. The van der Waals surface area contributed by atoms with Gasteiger partial charge in [0.25, 0.3) is 0 Å². The summed E-state index contributed by atoms with van der Waals surface area (Å²) in [4.78, 5) is 7.39. The van der Waals surface area contributed by atoms with E-state index in [0.717, 1.165) is 33.9 Å². The minimum atomic E-state index is -6.09. The van der Waals surface area contributed by atoms with Crippen molar-refractivity contribution in [3.05, 3.63) is 169 Å². The van der Waals surface area contributed by atoms with Gasteiger partial charge in [-0.25, -0.2) is 16.8 Å². The average molecular weight is 935 g/mol. The molecule has 0 atom stereocenters. The highest BCUT2D eigenvalue weighted by Gasteiger charge is 2.37. The molecule has 0 N–H and O–H groups in total. The Labute approximate surface area is 363 Å². The number of hydrogen-bond acceptors (Lipinski definition) is 8. The van der Waals surface area contributed by atoms with Crippen molar-refractivity contribution in [3.63, 3.8) is 0 Å². The summed E-state index contributed by atoms with van der Waals surface area (Å²) >= 11 is 0. The van der Waals surface area contributed by atoms with Crippen LogP contribution in [0.25, 0.3) is 12.2 Å². The van der Waals surface area contributed by atoms with Crippen LogP contribution in [-0.2, 0) is 42.0 Å². The molecule has 8 nitrogen and oxygen atoms in total. The first kappa shape index (κ1) is 49.4. The van der Waals surface area contributed by atoms with Crippen LogP contribution in [0.15, 0.2) is 168 Å². The van der Waals surface area contributed by atoms with E-state index in [2.05, 4.69) is 205 Å². The van der Waals surface area contributed by atoms with E-state index in [1.54, 1.807) is 0 Å². The lowest BCUT2D eigenvalue weighted by molar-refractivity contribution is -0.0522. The molecule has 0 fully saturated rings. The normalized spacial score (nSPS) is 12.0. The van der Waals surface area contributed by atoms with Gasteiger partial charge < -0.3 is 18.9 Å². The summed E-state index contributed by atoms with van der Waals surface area (Å²) in [5.74, 6) is 0. The van der Waals surface area contributed by atoms with Crippen molar-refractivity contribution in [3.8, 4) is 0 Å². The van der Waals surface area contributed by atoms with E-state index < -0.39 is 31.3 Å². The minimum absolute atomic E-state index is 0.192. The summed E-state index contributed by atoms with van der Waals surface area (Å²) < 4.78 is 118. The van der Waals surface area contributed by atoms with Crippen LogP contribution in [-0.4, -0.2) is 62.0 Å². The van der Waals surface area contributed by atoms with E-state index in [4.69, 9.17) is 25.9 Å². The van der Waals surface area contributed by atoms with Crippen molar-refractivity contribution in [1.29, 1.82) is 0 Å². The van der Waals surface area contributed by atoms with Gasteiger partial charge in [-0.2, -0.15) is 26.3 Å². The van der Waals surface area contributed by atoms with Gasteiger partial charge in [-0.05, 0) is 83.9 Å². The molecule has 0 saturated heterocycles. The monoisotopic (exact) mass is 934 g/mol. The molecular formula is C44H40F6N2O6S4. The van der Waals surface area contributed by atoms with Gasteiger partial charge in [-0.15, -0.1) is 0 Å². The minimum Gasteiger partial charge on any atom is -0.741 e. The van der Waals surface area contributed by atoms with Gasteiger partial charge in [-0.3, -0.25) is 0 Å². The molecule has 6 aromatic rings. The maximum absolute atomic E-state index is 10.7. The molecule has 0 aliphatic heterocycles. The van der Waals surface area contributed by atoms with Crippen molar-refractivity contribution in [2.75, 3.05) is 34.8 Å². The lowest BCUT2D eigenvalue weighted by Gasteiger charge is -2.25. The second-order valence-corrected chi connectivity index (χ2v) is 20.2. The molecular weight excluding hydrogens is 895 g/mol. The zero-order valence-electron chi connectivity index (χ0n) is 33.4. The fourth-order valence-corrected chi connectivity index (χ4v) is 6.88. The molecule has 0 saturated carbocycles. The van der Waals surface area contributed by atoms with Gasteiger partial charge in [-0.1, -0.05) is 84.9 Å². The topological polar surface area (TPSA) is 121 Å². The van der Waals surface area contributed by atoms with E-state index in [-0.39, 0.29) is 21.8 Å². The largest absolute Gasteiger partial charge is 0.741 e. The highest BCUT2D eigenvalue weighted by molar-refractivity contribution is 7.95. The zero-order chi connectivity index (χ0) is 45.9. The molecule has 0 unspecified atom stereocenters. The summed E-state index contributed by atoms with van der Waals surface area (Å²) in [5.41, 5.74) is -2.04. The Bertz CT molecular complexity index is 2430. The predicted molar refractivity (Wildman–Crippen MR) is 238 cm³/mol. The fourth-order valence-electron chi connectivity index (χ4n) is 5.46. The Balaban J connectivity index is 0.000000448. The molecule has 6 aromatic carbocycles. The molecule has 0 bridgehead atoms. The SMILES string of the molecule is C[S+](C)c1cccc(N(c2ccccc2)c2ccc(C=Cc3ccc(N(c4ccccc4)c4cccc([S+](C)C)c4)cc3)cc2)c1.O=S(=O)([O-])C(F)(F)F.O=S(=O)([O-])C(F)(F)F. The Morgan fingerprint density at radius 1 is 0.419 bits per heavy atom. The molecule has 0 radical (unpaired) electrons. The maximum atomic E-state index is 10.7. The molecule has 0 aliphatic carbocycles. The third kappa shape index (κ3) is 14.1.